The summed E-state index contributed by atoms with van der Waals surface area (Å²) < 4.78 is 6.02. The molecule has 0 unspecified atom stereocenters. The molecule has 0 saturated heterocycles. The van der Waals surface area contributed by atoms with Gasteiger partial charge in [0.1, 0.15) is 0 Å². The summed E-state index contributed by atoms with van der Waals surface area (Å²) >= 11 is 0. The highest BCUT2D eigenvalue weighted by molar-refractivity contribution is 6.74. The van der Waals surface area contributed by atoms with Gasteiger partial charge < -0.3 is 4.53 Å². The Morgan fingerprint density at radius 3 is 2.15 bits per heavy atom. The molecule has 2 nitrogen and oxygen atoms in total. The Balaban J connectivity index is 2.97. The van der Waals surface area contributed by atoms with E-state index in [4.69, 9.17) is 4.53 Å². The van der Waals surface area contributed by atoms with Crippen LogP contribution in [0.15, 0.2) is 29.4 Å². The number of aryl methyl sites for hydroxylation is 1. The molecule has 1 aromatic carbocycles. The van der Waals surface area contributed by atoms with Crippen LogP contribution in [0.1, 0.15) is 51.7 Å². The quantitative estimate of drug-likeness (QED) is 0.397. The molecule has 0 heterocycles. The minimum absolute atomic E-state index is 0.182. The minimum atomic E-state index is -1.83. The van der Waals surface area contributed by atoms with Crippen LogP contribution in [0.5, 0.6) is 0 Å². The van der Waals surface area contributed by atoms with Crippen molar-refractivity contribution in [1.29, 1.82) is 0 Å². The molecule has 112 valence electrons. The first kappa shape index (κ1) is 17.0. The molecule has 0 amide bonds. The first-order valence-electron chi connectivity index (χ1n) is 7.49. The van der Waals surface area contributed by atoms with Crippen LogP contribution in [0, 0.1) is 6.92 Å². The van der Waals surface area contributed by atoms with E-state index in [9.17, 15) is 0 Å². The van der Waals surface area contributed by atoms with Gasteiger partial charge in [0.05, 0.1) is 5.71 Å². The summed E-state index contributed by atoms with van der Waals surface area (Å²) in [4.78, 5) is 0. The first-order chi connectivity index (χ1) is 9.17. The van der Waals surface area contributed by atoms with E-state index in [0.717, 1.165) is 18.6 Å². The molecule has 0 aromatic heterocycles. The van der Waals surface area contributed by atoms with Crippen LogP contribution in [0.2, 0.25) is 18.1 Å². The number of benzene rings is 1. The van der Waals surface area contributed by atoms with Crippen LogP contribution in [0.25, 0.3) is 0 Å². The lowest BCUT2D eigenvalue weighted by atomic mass is 10.0. The smallest absolute Gasteiger partial charge is 0.286 e. The maximum Gasteiger partial charge on any atom is 0.286 e. The molecular weight excluding hydrogens is 262 g/mol. The summed E-state index contributed by atoms with van der Waals surface area (Å²) in [7, 11) is -1.83. The van der Waals surface area contributed by atoms with Crippen LogP contribution < -0.4 is 0 Å². The van der Waals surface area contributed by atoms with Crippen molar-refractivity contribution in [2.24, 2.45) is 5.16 Å². The zero-order valence-electron chi connectivity index (χ0n) is 14.1. The van der Waals surface area contributed by atoms with Crippen LogP contribution in [-0.4, -0.2) is 14.0 Å². The average molecular weight is 292 g/mol. The van der Waals surface area contributed by atoms with E-state index in [1.165, 1.54) is 11.1 Å². The van der Waals surface area contributed by atoms with E-state index < -0.39 is 8.32 Å². The van der Waals surface area contributed by atoms with Gasteiger partial charge in [-0.3, -0.25) is 0 Å². The molecule has 0 bridgehead atoms. The van der Waals surface area contributed by atoms with E-state index in [1.54, 1.807) is 0 Å². The van der Waals surface area contributed by atoms with Crippen molar-refractivity contribution >= 4 is 14.0 Å². The maximum absolute atomic E-state index is 6.02. The molecule has 1 rings (SSSR count). The molecule has 20 heavy (non-hydrogen) atoms. The summed E-state index contributed by atoms with van der Waals surface area (Å²) in [5.74, 6) is 0. The molecule has 0 aliphatic carbocycles. The van der Waals surface area contributed by atoms with E-state index in [2.05, 4.69) is 77.1 Å². The van der Waals surface area contributed by atoms with Crippen molar-refractivity contribution in [1.82, 2.24) is 0 Å². The molecule has 0 atom stereocenters. The maximum atomic E-state index is 6.02. The normalized spacial score (nSPS) is 13.4. The van der Waals surface area contributed by atoms with E-state index in [1.807, 2.05) is 0 Å². The summed E-state index contributed by atoms with van der Waals surface area (Å²) in [6, 6.07) is 8.54. The van der Waals surface area contributed by atoms with E-state index >= 15 is 0 Å². The van der Waals surface area contributed by atoms with Crippen molar-refractivity contribution in [2.45, 2.75) is 65.6 Å². The van der Waals surface area contributed by atoms with Gasteiger partial charge in [-0.25, -0.2) is 0 Å². The topological polar surface area (TPSA) is 21.6 Å². The number of oxime groups is 1. The van der Waals surface area contributed by atoms with Gasteiger partial charge in [0.2, 0.25) is 0 Å². The van der Waals surface area contributed by atoms with Crippen molar-refractivity contribution in [3.05, 3.63) is 35.4 Å². The fraction of sp³-hybridized carbons (Fsp3) is 0.588. The Morgan fingerprint density at radius 2 is 1.70 bits per heavy atom. The Bertz CT molecular complexity index is 455. The lowest BCUT2D eigenvalue weighted by Gasteiger charge is -2.33. The fourth-order valence-electron chi connectivity index (χ4n) is 1.53. The predicted octanol–water partition coefficient (Wildman–Crippen LogP) is 5.52. The number of nitrogens with zero attached hydrogens (tertiary/aromatic N) is 1. The highest BCUT2D eigenvalue weighted by Gasteiger charge is 2.39. The van der Waals surface area contributed by atoms with Crippen LogP contribution in [0.3, 0.4) is 0 Å². The predicted molar refractivity (Wildman–Crippen MR) is 90.9 cm³/mol. The van der Waals surface area contributed by atoms with Gasteiger partial charge in [0.25, 0.3) is 8.32 Å². The number of hydrogen-bond acceptors (Lipinski definition) is 2. The van der Waals surface area contributed by atoms with Gasteiger partial charge in [-0.1, -0.05) is 63.9 Å². The van der Waals surface area contributed by atoms with Gasteiger partial charge in [0.15, 0.2) is 0 Å². The van der Waals surface area contributed by atoms with Crippen LogP contribution in [-0.2, 0) is 4.53 Å². The van der Waals surface area contributed by atoms with E-state index in [0.29, 0.717) is 0 Å². The molecular formula is C17H29NOSi. The second kappa shape index (κ2) is 6.57. The van der Waals surface area contributed by atoms with Crippen LogP contribution in [0.4, 0.5) is 0 Å². The second-order valence-corrected chi connectivity index (χ2v) is 11.7. The third-order valence-corrected chi connectivity index (χ3v) is 8.22. The molecule has 3 heteroatoms. The molecule has 0 aliphatic rings. The van der Waals surface area contributed by atoms with Crippen LogP contribution >= 0.6 is 0 Å². The second-order valence-electron chi connectivity index (χ2n) is 7.01. The Kier molecular flexibility index (Phi) is 5.57. The summed E-state index contributed by atoms with van der Waals surface area (Å²) in [6.45, 7) is 15.5. The lowest BCUT2D eigenvalue weighted by molar-refractivity contribution is 0.307. The molecule has 1 aromatic rings. The monoisotopic (exact) mass is 291 g/mol. The lowest BCUT2D eigenvalue weighted by Crippen LogP contribution is -2.39. The Morgan fingerprint density at radius 1 is 1.15 bits per heavy atom. The van der Waals surface area contributed by atoms with Gasteiger partial charge in [-0.05, 0) is 37.0 Å². The summed E-state index contributed by atoms with van der Waals surface area (Å²) in [5, 5.41) is 4.71. The molecule has 0 N–H and O–H groups in total. The third-order valence-electron chi connectivity index (χ3n) is 4.06. The molecule has 0 saturated carbocycles. The molecule has 0 radical (unpaired) electrons. The largest absolute Gasteiger partial charge is 0.455 e. The number of hydrogen-bond donors (Lipinski definition) is 0. The zero-order chi connectivity index (χ0) is 15.4. The zero-order valence-corrected chi connectivity index (χ0v) is 15.1. The summed E-state index contributed by atoms with van der Waals surface area (Å²) in [5.41, 5.74) is 3.52. The SMILES string of the molecule is CCC/C(=N\O[Si](C)(C)C(C)(C)C)c1ccc(C)cc1. The van der Waals surface area contributed by atoms with Crippen molar-refractivity contribution in [3.8, 4) is 0 Å². The van der Waals surface area contributed by atoms with Crippen molar-refractivity contribution in [2.75, 3.05) is 0 Å². The van der Waals surface area contributed by atoms with Crippen molar-refractivity contribution < 1.29 is 4.53 Å². The molecule has 0 aliphatic heterocycles. The van der Waals surface area contributed by atoms with E-state index in [-0.39, 0.29) is 5.04 Å². The third kappa shape index (κ3) is 4.48. The van der Waals surface area contributed by atoms with Gasteiger partial charge >= 0.3 is 0 Å². The fourth-order valence-corrected chi connectivity index (χ4v) is 2.14. The standard InChI is InChI=1S/C17H29NOSi/c1-8-9-16(15-12-10-14(2)11-13-15)18-19-20(6,7)17(3,4)5/h10-13H,8-9H2,1-7H3/b18-16+. The van der Waals surface area contributed by atoms with Gasteiger partial charge in [0, 0.05) is 0 Å². The summed E-state index contributed by atoms with van der Waals surface area (Å²) in [6.07, 6.45) is 2.03. The first-order valence-corrected chi connectivity index (χ1v) is 10.4. The highest BCUT2D eigenvalue weighted by atomic mass is 28.4. The van der Waals surface area contributed by atoms with Gasteiger partial charge in [-0.15, -0.1) is 5.16 Å². The number of rotatable bonds is 5. The Hall–Kier alpha value is -1.09. The van der Waals surface area contributed by atoms with Crippen molar-refractivity contribution in [3.63, 3.8) is 0 Å². The molecule has 0 spiro atoms. The highest BCUT2D eigenvalue weighted by Crippen LogP contribution is 2.36. The molecule has 0 fully saturated rings. The minimum Gasteiger partial charge on any atom is -0.455 e. The average Bonchev–Trinajstić information content (AvgIpc) is 2.34. The Labute approximate surface area is 125 Å². The van der Waals surface area contributed by atoms with Gasteiger partial charge in [-0.2, -0.15) is 0 Å².